The summed E-state index contributed by atoms with van der Waals surface area (Å²) in [5.41, 5.74) is -2.04. The molecule has 0 aliphatic rings. The second-order valence-corrected chi connectivity index (χ2v) is 3.26. The number of alkyl halides is 3. The first kappa shape index (κ1) is 11.8. The number of hydrogen-bond donors (Lipinski definition) is 0. The summed E-state index contributed by atoms with van der Waals surface area (Å²) in [6.45, 7) is 2.19. The van der Waals surface area contributed by atoms with Crippen LogP contribution in [0.1, 0.15) is 20.3 Å². The van der Waals surface area contributed by atoms with Crippen LogP contribution in [0.2, 0.25) is 0 Å². The normalized spacial score (nSPS) is 19.2. The van der Waals surface area contributed by atoms with Gasteiger partial charge >= 0.3 is 0 Å². The second-order valence-electron chi connectivity index (χ2n) is 3.26. The van der Waals surface area contributed by atoms with Crippen LogP contribution in [0.4, 0.5) is 13.2 Å². The molecule has 0 amide bonds. The highest BCUT2D eigenvalue weighted by Crippen LogP contribution is 2.21. The summed E-state index contributed by atoms with van der Waals surface area (Å²) in [6.07, 6.45) is -1.81. The van der Waals surface area contributed by atoms with Crippen LogP contribution in [-0.2, 0) is 0 Å². The lowest BCUT2D eigenvalue weighted by Gasteiger charge is -2.24. The molecule has 0 N–H and O–H groups in total. The summed E-state index contributed by atoms with van der Waals surface area (Å²) in [6, 6.07) is 0. The smallest absolute Gasteiger partial charge is 0.156 e. The summed E-state index contributed by atoms with van der Waals surface area (Å²) < 4.78 is 37.9. The zero-order valence-electron chi connectivity index (χ0n) is 7.78. The van der Waals surface area contributed by atoms with Crippen molar-refractivity contribution in [3.8, 4) is 0 Å². The van der Waals surface area contributed by atoms with Crippen molar-refractivity contribution in [1.82, 2.24) is 4.90 Å². The van der Waals surface area contributed by atoms with Gasteiger partial charge in [-0.3, -0.25) is 4.90 Å². The van der Waals surface area contributed by atoms with E-state index in [0.29, 0.717) is 6.54 Å². The van der Waals surface area contributed by atoms with Crippen molar-refractivity contribution in [2.75, 3.05) is 20.3 Å². The standard InChI is InChI=1S/C8H16F3N/c1-4-12(3)7(10)5-8(2,11)6-9/h7H,4-6H2,1-3H3. The molecule has 0 aromatic rings. The van der Waals surface area contributed by atoms with E-state index in [0.717, 1.165) is 6.92 Å². The molecule has 0 spiro atoms. The number of rotatable bonds is 5. The largest absolute Gasteiger partial charge is 0.277 e. The molecule has 2 unspecified atom stereocenters. The van der Waals surface area contributed by atoms with Gasteiger partial charge in [0.25, 0.3) is 0 Å². The lowest BCUT2D eigenvalue weighted by molar-refractivity contribution is 0.0279. The van der Waals surface area contributed by atoms with Gasteiger partial charge in [-0.15, -0.1) is 0 Å². The average Bonchev–Trinajstić information content (AvgIpc) is 2.02. The molecule has 0 rings (SSSR count). The van der Waals surface area contributed by atoms with E-state index in [-0.39, 0.29) is 0 Å². The van der Waals surface area contributed by atoms with E-state index in [2.05, 4.69) is 0 Å². The highest BCUT2D eigenvalue weighted by molar-refractivity contribution is 4.75. The van der Waals surface area contributed by atoms with E-state index < -0.39 is 25.1 Å². The van der Waals surface area contributed by atoms with Crippen LogP contribution >= 0.6 is 0 Å². The van der Waals surface area contributed by atoms with Gasteiger partial charge in [0.1, 0.15) is 12.3 Å². The molecule has 0 saturated carbocycles. The van der Waals surface area contributed by atoms with E-state index >= 15 is 0 Å². The van der Waals surface area contributed by atoms with Crippen LogP contribution in [0.25, 0.3) is 0 Å². The molecule has 2 atom stereocenters. The minimum atomic E-state index is -2.04. The zero-order valence-corrected chi connectivity index (χ0v) is 7.78. The molecule has 0 aliphatic carbocycles. The molecular weight excluding hydrogens is 167 g/mol. The Labute approximate surface area is 71.6 Å². The Kier molecular flexibility index (Phi) is 4.60. The fraction of sp³-hybridized carbons (Fsp3) is 1.00. The average molecular weight is 183 g/mol. The van der Waals surface area contributed by atoms with Crippen molar-refractivity contribution in [3.63, 3.8) is 0 Å². The van der Waals surface area contributed by atoms with Crippen molar-refractivity contribution in [3.05, 3.63) is 0 Å². The van der Waals surface area contributed by atoms with Crippen molar-refractivity contribution >= 4 is 0 Å². The molecule has 0 heterocycles. The Balaban J connectivity index is 3.90. The molecule has 0 fully saturated rings. The third-order valence-corrected chi connectivity index (χ3v) is 1.85. The first-order valence-electron chi connectivity index (χ1n) is 4.02. The van der Waals surface area contributed by atoms with Crippen molar-refractivity contribution in [2.45, 2.75) is 32.2 Å². The van der Waals surface area contributed by atoms with Crippen LogP contribution in [0.5, 0.6) is 0 Å². The van der Waals surface area contributed by atoms with Gasteiger partial charge < -0.3 is 0 Å². The van der Waals surface area contributed by atoms with Crippen LogP contribution in [0.3, 0.4) is 0 Å². The van der Waals surface area contributed by atoms with Crippen LogP contribution in [0.15, 0.2) is 0 Å². The number of halogens is 3. The van der Waals surface area contributed by atoms with Gasteiger partial charge in [0.05, 0.1) is 0 Å². The molecule has 1 nitrogen and oxygen atoms in total. The number of nitrogens with zero attached hydrogens (tertiary/aromatic N) is 1. The van der Waals surface area contributed by atoms with Gasteiger partial charge in [0.2, 0.25) is 0 Å². The second kappa shape index (κ2) is 4.70. The Morgan fingerprint density at radius 2 is 2.00 bits per heavy atom. The maximum absolute atomic E-state index is 13.0. The van der Waals surface area contributed by atoms with Gasteiger partial charge in [-0.25, -0.2) is 13.2 Å². The van der Waals surface area contributed by atoms with E-state index in [1.807, 2.05) is 0 Å². The lowest BCUT2D eigenvalue weighted by atomic mass is 10.1. The molecule has 12 heavy (non-hydrogen) atoms. The summed E-state index contributed by atoms with van der Waals surface area (Å²) in [4.78, 5) is 1.34. The minimum absolute atomic E-state index is 0.409. The first-order valence-corrected chi connectivity index (χ1v) is 4.02. The minimum Gasteiger partial charge on any atom is -0.277 e. The van der Waals surface area contributed by atoms with Crippen molar-refractivity contribution < 1.29 is 13.2 Å². The summed E-state index contributed by atoms with van der Waals surface area (Å²) in [5.74, 6) is 0. The molecular formula is C8H16F3N. The third-order valence-electron chi connectivity index (χ3n) is 1.85. The van der Waals surface area contributed by atoms with E-state index in [9.17, 15) is 13.2 Å². The van der Waals surface area contributed by atoms with E-state index in [1.54, 1.807) is 14.0 Å². The maximum atomic E-state index is 13.0. The van der Waals surface area contributed by atoms with E-state index in [1.165, 1.54) is 4.90 Å². The van der Waals surface area contributed by atoms with E-state index in [4.69, 9.17) is 0 Å². The Morgan fingerprint density at radius 1 is 1.50 bits per heavy atom. The fourth-order valence-corrected chi connectivity index (χ4v) is 0.760. The van der Waals surface area contributed by atoms with Gasteiger partial charge in [-0.2, -0.15) is 0 Å². The topological polar surface area (TPSA) is 3.24 Å². The van der Waals surface area contributed by atoms with Crippen molar-refractivity contribution in [1.29, 1.82) is 0 Å². The summed E-state index contributed by atoms with van der Waals surface area (Å²) >= 11 is 0. The molecule has 74 valence electrons. The molecule has 4 heteroatoms. The Bertz CT molecular complexity index is 127. The highest BCUT2D eigenvalue weighted by Gasteiger charge is 2.29. The predicted molar refractivity (Wildman–Crippen MR) is 43.3 cm³/mol. The summed E-state index contributed by atoms with van der Waals surface area (Å²) in [7, 11) is 1.54. The molecule has 0 radical (unpaired) electrons. The number of hydrogen-bond acceptors (Lipinski definition) is 1. The summed E-state index contributed by atoms with van der Waals surface area (Å²) in [5, 5.41) is 0. The van der Waals surface area contributed by atoms with Crippen LogP contribution < -0.4 is 0 Å². The fourth-order valence-electron chi connectivity index (χ4n) is 0.760. The Hall–Kier alpha value is -0.250. The van der Waals surface area contributed by atoms with Crippen LogP contribution in [-0.4, -0.2) is 37.1 Å². The Morgan fingerprint density at radius 3 is 2.33 bits per heavy atom. The van der Waals surface area contributed by atoms with Gasteiger partial charge in [0, 0.05) is 6.42 Å². The quantitative estimate of drug-likeness (QED) is 0.591. The van der Waals surface area contributed by atoms with Gasteiger partial charge in [-0.05, 0) is 20.5 Å². The molecule has 0 bridgehead atoms. The monoisotopic (exact) mass is 183 g/mol. The SMILES string of the molecule is CCN(C)C(F)CC(C)(F)CF. The van der Waals surface area contributed by atoms with Crippen LogP contribution in [0, 0.1) is 0 Å². The molecule has 0 aromatic carbocycles. The maximum Gasteiger partial charge on any atom is 0.156 e. The van der Waals surface area contributed by atoms with Gasteiger partial charge in [0.15, 0.2) is 6.30 Å². The van der Waals surface area contributed by atoms with Crippen molar-refractivity contribution in [2.24, 2.45) is 0 Å². The highest BCUT2D eigenvalue weighted by atomic mass is 19.2. The predicted octanol–water partition coefficient (Wildman–Crippen LogP) is 2.32. The molecule has 0 saturated heterocycles. The molecule has 0 aromatic heterocycles. The lowest BCUT2D eigenvalue weighted by Crippen LogP contribution is -2.35. The molecule has 0 aliphatic heterocycles. The first-order chi connectivity index (χ1) is 5.43. The van der Waals surface area contributed by atoms with Gasteiger partial charge in [-0.1, -0.05) is 6.92 Å². The zero-order chi connectivity index (χ0) is 9.78. The third kappa shape index (κ3) is 3.95.